The SMILES string of the molecule is C=CNCc1cccc(CC(N)C(=O)O)c1. The first-order valence-electron chi connectivity index (χ1n) is 5.04. The molecule has 0 heterocycles. The van der Waals surface area contributed by atoms with Crippen molar-refractivity contribution in [1.82, 2.24) is 5.32 Å². The number of carboxylic acid groups (broad SMARTS) is 1. The van der Waals surface area contributed by atoms with Gasteiger partial charge in [-0.15, -0.1) is 0 Å². The summed E-state index contributed by atoms with van der Waals surface area (Å²) in [7, 11) is 0. The van der Waals surface area contributed by atoms with Crippen molar-refractivity contribution in [3.8, 4) is 0 Å². The topological polar surface area (TPSA) is 75.3 Å². The summed E-state index contributed by atoms with van der Waals surface area (Å²) >= 11 is 0. The van der Waals surface area contributed by atoms with E-state index in [4.69, 9.17) is 10.8 Å². The lowest BCUT2D eigenvalue weighted by Crippen LogP contribution is -2.32. The van der Waals surface area contributed by atoms with Gasteiger partial charge in [0.25, 0.3) is 0 Å². The molecular formula is C12H16N2O2. The standard InChI is InChI=1S/C12H16N2O2/c1-2-14-8-10-5-3-4-9(6-10)7-11(13)12(15)16/h2-6,11,14H,1,7-8,13H2,(H,15,16). The fraction of sp³-hybridized carbons (Fsp3) is 0.250. The summed E-state index contributed by atoms with van der Waals surface area (Å²) in [6.07, 6.45) is 1.97. The molecule has 0 aromatic heterocycles. The van der Waals surface area contributed by atoms with Gasteiger partial charge in [0, 0.05) is 6.54 Å². The average molecular weight is 220 g/mol. The van der Waals surface area contributed by atoms with E-state index in [1.165, 1.54) is 0 Å². The highest BCUT2D eigenvalue weighted by Crippen LogP contribution is 2.07. The van der Waals surface area contributed by atoms with Crippen molar-refractivity contribution in [3.63, 3.8) is 0 Å². The van der Waals surface area contributed by atoms with Crippen LogP contribution in [0.15, 0.2) is 37.0 Å². The normalized spacial score (nSPS) is 11.8. The maximum Gasteiger partial charge on any atom is 0.320 e. The minimum absolute atomic E-state index is 0.345. The van der Waals surface area contributed by atoms with Crippen LogP contribution in [0.1, 0.15) is 11.1 Å². The first-order chi connectivity index (χ1) is 7.63. The van der Waals surface area contributed by atoms with E-state index in [2.05, 4.69) is 11.9 Å². The number of nitrogens with two attached hydrogens (primary N) is 1. The van der Waals surface area contributed by atoms with Gasteiger partial charge in [0.15, 0.2) is 0 Å². The fourth-order valence-corrected chi connectivity index (χ4v) is 1.40. The van der Waals surface area contributed by atoms with Crippen LogP contribution in [0.4, 0.5) is 0 Å². The van der Waals surface area contributed by atoms with Crippen LogP contribution in [0.5, 0.6) is 0 Å². The third-order valence-electron chi connectivity index (χ3n) is 2.21. The molecule has 1 atom stereocenters. The summed E-state index contributed by atoms with van der Waals surface area (Å²) in [4.78, 5) is 10.6. The molecule has 86 valence electrons. The molecule has 0 spiro atoms. The number of hydrogen-bond donors (Lipinski definition) is 3. The summed E-state index contributed by atoms with van der Waals surface area (Å²) in [6.45, 7) is 4.24. The van der Waals surface area contributed by atoms with Crippen LogP contribution >= 0.6 is 0 Å². The van der Waals surface area contributed by atoms with E-state index < -0.39 is 12.0 Å². The number of carbonyl (C=O) groups is 1. The summed E-state index contributed by atoms with van der Waals surface area (Å²) in [5, 5.41) is 11.7. The number of nitrogens with one attached hydrogen (secondary N) is 1. The minimum Gasteiger partial charge on any atom is -0.480 e. The molecular weight excluding hydrogens is 204 g/mol. The van der Waals surface area contributed by atoms with Crippen LogP contribution in [-0.4, -0.2) is 17.1 Å². The van der Waals surface area contributed by atoms with Crippen molar-refractivity contribution >= 4 is 5.97 Å². The molecule has 0 saturated carbocycles. The second kappa shape index (κ2) is 5.92. The van der Waals surface area contributed by atoms with Crippen molar-refractivity contribution in [1.29, 1.82) is 0 Å². The second-order valence-corrected chi connectivity index (χ2v) is 3.55. The Balaban J connectivity index is 2.66. The van der Waals surface area contributed by atoms with Gasteiger partial charge in [-0.2, -0.15) is 0 Å². The zero-order valence-corrected chi connectivity index (χ0v) is 9.02. The van der Waals surface area contributed by atoms with Crippen LogP contribution in [0.25, 0.3) is 0 Å². The van der Waals surface area contributed by atoms with E-state index in [0.29, 0.717) is 13.0 Å². The quantitative estimate of drug-likeness (QED) is 0.665. The van der Waals surface area contributed by atoms with Gasteiger partial charge in [-0.1, -0.05) is 30.8 Å². The fourth-order valence-electron chi connectivity index (χ4n) is 1.40. The molecule has 1 rings (SSSR count). The maximum absolute atomic E-state index is 10.6. The molecule has 0 bridgehead atoms. The first-order valence-corrected chi connectivity index (χ1v) is 5.04. The Bertz CT molecular complexity index is 377. The van der Waals surface area contributed by atoms with Gasteiger partial charge in [-0.05, 0) is 23.7 Å². The van der Waals surface area contributed by atoms with E-state index in [0.717, 1.165) is 11.1 Å². The van der Waals surface area contributed by atoms with Gasteiger partial charge in [0.05, 0.1) is 0 Å². The van der Waals surface area contributed by atoms with Gasteiger partial charge in [0.2, 0.25) is 0 Å². The Morgan fingerprint density at radius 2 is 2.25 bits per heavy atom. The van der Waals surface area contributed by atoms with E-state index in [-0.39, 0.29) is 0 Å². The highest BCUT2D eigenvalue weighted by Gasteiger charge is 2.11. The maximum atomic E-state index is 10.6. The lowest BCUT2D eigenvalue weighted by atomic mass is 10.0. The van der Waals surface area contributed by atoms with Crippen molar-refractivity contribution in [2.24, 2.45) is 5.73 Å². The van der Waals surface area contributed by atoms with E-state index in [1.807, 2.05) is 24.3 Å². The molecule has 1 aromatic carbocycles. The average Bonchev–Trinajstić information content (AvgIpc) is 2.26. The Morgan fingerprint density at radius 1 is 1.56 bits per heavy atom. The summed E-state index contributed by atoms with van der Waals surface area (Å²) in [5.41, 5.74) is 7.48. The van der Waals surface area contributed by atoms with Gasteiger partial charge < -0.3 is 16.2 Å². The third kappa shape index (κ3) is 3.74. The zero-order valence-electron chi connectivity index (χ0n) is 9.02. The Labute approximate surface area is 94.8 Å². The lowest BCUT2D eigenvalue weighted by molar-refractivity contribution is -0.138. The molecule has 4 heteroatoms. The molecule has 0 aliphatic carbocycles. The van der Waals surface area contributed by atoms with Gasteiger partial charge in [-0.3, -0.25) is 4.79 Å². The number of benzene rings is 1. The number of aliphatic carboxylic acids is 1. The minimum atomic E-state index is -0.977. The van der Waals surface area contributed by atoms with Gasteiger partial charge >= 0.3 is 5.97 Å². The summed E-state index contributed by atoms with van der Waals surface area (Å²) < 4.78 is 0. The predicted octanol–water partition coefficient (Wildman–Crippen LogP) is 0.874. The molecule has 0 amide bonds. The molecule has 0 fully saturated rings. The Morgan fingerprint density at radius 3 is 2.88 bits per heavy atom. The van der Waals surface area contributed by atoms with Gasteiger partial charge in [-0.25, -0.2) is 0 Å². The lowest BCUT2D eigenvalue weighted by Gasteiger charge is -2.08. The van der Waals surface area contributed by atoms with Crippen molar-refractivity contribution < 1.29 is 9.90 Å². The summed E-state index contributed by atoms with van der Waals surface area (Å²) in [5.74, 6) is -0.977. The monoisotopic (exact) mass is 220 g/mol. The zero-order chi connectivity index (χ0) is 12.0. The highest BCUT2D eigenvalue weighted by atomic mass is 16.4. The first kappa shape index (κ1) is 12.3. The largest absolute Gasteiger partial charge is 0.480 e. The van der Waals surface area contributed by atoms with Crippen LogP contribution in [0.2, 0.25) is 0 Å². The third-order valence-corrected chi connectivity index (χ3v) is 2.21. The Hall–Kier alpha value is -1.81. The molecule has 0 saturated heterocycles. The van der Waals surface area contributed by atoms with E-state index >= 15 is 0 Å². The molecule has 0 aliphatic heterocycles. The van der Waals surface area contributed by atoms with Crippen molar-refractivity contribution in [3.05, 3.63) is 48.2 Å². The highest BCUT2D eigenvalue weighted by molar-refractivity contribution is 5.73. The molecule has 4 nitrogen and oxygen atoms in total. The molecule has 0 radical (unpaired) electrons. The Kier molecular flexibility index (Phi) is 4.54. The smallest absolute Gasteiger partial charge is 0.320 e. The summed E-state index contributed by atoms with van der Waals surface area (Å²) in [6, 6.07) is 6.83. The van der Waals surface area contributed by atoms with Crippen LogP contribution in [-0.2, 0) is 17.8 Å². The van der Waals surface area contributed by atoms with Crippen LogP contribution in [0.3, 0.4) is 0 Å². The molecule has 16 heavy (non-hydrogen) atoms. The molecule has 1 unspecified atom stereocenters. The van der Waals surface area contributed by atoms with Crippen LogP contribution in [0, 0.1) is 0 Å². The number of rotatable bonds is 6. The van der Waals surface area contributed by atoms with E-state index in [9.17, 15) is 4.79 Å². The predicted molar refractivity (Wildman–Crippen MR) is 62.8 cm³/mol. The molecule has 0 aliphatic rings. The number of carboxylic acids is 1. The number of hydrogen-bond acceptors (Lipinski definition) is 3. The van der Waals surface area contributed by atoms with Crippen LogP contribution < -0.4 is 11.1 Å². The molecule has 4 N–H and O–H groups in total. The molecule has 1 aromatic rings. The van der Waals surface area contributed by atoms with Crippen molar-refractivity contribution in [2.75, 3.05) is 0 Å². The van der Waals surface area contributed by atoms with Crippen molar-refractivity contribution in [2.45, 2.75) is 19.0 Å². The second-order valence-electron chi connectivity index (χ2n) is 3.55. The van der Waals surface area contributed by atoms with Gasteiger partial charge in [0.1, 0.15) is 6.04 Å². The van der Waals surface area contributed by atoms with E-state index in [1.54, 1.807) is 6.20 Å².